The SMILES string of the molecule is CC(C)C(=O)CNC(=O)c1csnn1. The summed E-state index contributed by atoms with van der Waals surface area (Å²) >= 11 is 1.10. The Morgan fingerprint density at radius 2 is 2.29 bits per heavy atom. The molecule has 0 aromatic carbocycles. The number of aromatic nitrogens is 2. The highest BCUT2D eigenvalue weighted by Crippen LogP contribution is 1.97. The largest absolute Gasteiger partial charge is 0.344 e. The molecule has 0 radical (unpaired) electrons. The van der Waals surface area contributed by atoms with Gasteiger partial charge in [0.2, 0.25) is 0 Å². The molecule has 0 spiro atoms. The molecule has 76 valence electrons. The molecule has 0 saturated carbocycles. The van der Waals surface area contributed by atoms with Gasteiger partial charge in [0.15, 0.2) is 11.5 Å². The molecule has 0 aliphatic rings. The van der Waals surface area contributed by atoms with Gasteiger partial charge in [-0.2, -0.15) is 0 Å². The highest BCUT2D eigenvalue weighted by Gasteiger charge is 2.12. The second-order valence-corrected chi connectivity index (χ2v) is 3.70. The number of carbonyl (C=O) groups excluding carboxylic acids is 2. The van der Waals surface area contributed by atoms with Crippen molar-refractivity contribution in [2.45, 2.75) is 13.8 Å². The van der Waals surface area contributed by atoms with Crippen LogP contribution in [0.5, 0.6) is 0 Å². The number of carbonyl (C=O) groups is 2. The van der Waals surface area contributed by atoms with Crippen LogP contribution in [0.4, 0.5) is 0 Å². The van der Waals surface area contributed by atoms with Crippen LogP contribution in [0, 0.1) is 5.92 Å². The lowest BCUT2D eigenvalue weighted by Gasteiger charge is -2.04. The first-order valence-electron chi connectivity index (χ1n) is 4.19. The van der Waals surface area contributed by atoms with Crippen molar-refractivity contribution >= 4 is 23.2 Å². The van der Waals surface area contributed by atoms with Gasteiger partial charge in [-0.25, -0.2) is 0 Å². The van der Waals surface area contributed by atoms with Gasteiger partial charge in [-0.15, -0.1) is 5.10 Å². The van der Waals surface area contributed by atoms with Gasteiger partial charge in [0.25, 0.3) is 5.91 Å². The van der Waals surface area contributed by atoms with Crippen molar-refractivity contribution in [3.63, 3.8) is 0 Å². The van der Waals surface area contributed by atoms with Crippen molar-refractivity contribution in [2.75, 3.05) is 6.54 Å². The summed E-state index contributed by atoms with van der Waals surface area (Å²) in [6, 6.07) is 0. The Labute approximate surface area is 85.7 Å². The number of Topliss-reactive ketones (excluding diaryl/α,β-unsaturated/α-hetero) is 1. The Hall–Kier alpha value is -1.30. The van der Waals surface area contributed by atoms with Gasteiger partial charge in [0.1, 0.15) is 0 Å². The lowest BCUT2D eigenvalue weighted by atomic mass is 10.1. The van der Waals surface area contributed by atoms with Crippen LogP contribution in [-0.2, 0) is 4.79 Å². The molecule has 1 aromatic rings. The zero-order valence-electron chi connectivity index (χ0n) is 7.98. The summed E-state index contributed by atoms with van der Waals surface area (Å²) in [5.74, 6) is -0.418. The maximum absolute atomic E-state index is 11.3. The predicted octanol–water partition coefficient (Wildman–Crippen LogP) is 0.493. The molecule has 1 N–H and O–H groups in total. The molecular weight excluding hydrogens is 202 g/mol. The van der Waals surface area contributed by atoms with Crippen LogP contribution >= 0.6 is 11.5 Å². The highest BCUT2D eigenvalue weighted by molar-refractivity contribution is 7.03. The maximum Gasteiger partial charge on any atom is 0.273 e. The number of amides is 1. The zero-order valence-corrected chi connectivity index (χ0v) is 8.80. The van der Waals surface area contributed by atoms with Crippen molar-refractivity contribution in [1.29, 1.82) is 0 Å². The van der Waals surface area contributed by atoms with Crippen molar-refractivity contribution in [2.24, 2.45) is 5.92 Å². The summed E-state index contributed by atoms with van der Waals surface area (Å²) in [5.41, 5.74) is 0.256. The van der Waals surface area contributed by atoms with Crippen LogP contribution in [0.2, 0.25) is 0 Å². The Bertz CT molecular complexity index is 321. The van der Waals surface area contributed by atoms with Crippen molar-refractivity contribution in [1.82, 2.24) is 14.9 Å². The second kappa shape index (κ2) is 4.80. The molecule has 1 rings (SSSR count). The van der Waals surface area contributed by atoms with E-state index in [9.17, 15) is 9.59 Å². The summed E-state index contributed by atoms with van der Waals surface area (Å²) in [7, 11) is 0. The molecule has 0 saturated heterocycles. The fourth-order valence-electron chi connectivity index (χ4n) is 0.726. The van der Waals surface area contributed by atoms with Gasteiger partial charge in [0.05, 0.1) is 6.54 Å². The quantitative estimate of drug-likeness (QED) is 0.790. The van der Waals surface area contributed by atoms with Gasteiger partial charge in [-0.1, -0.05) is 18.3 Å². The van der Waals surface area contributed by atoms with Crippen LogP contribution in [0.3, 0.4) is 0 Å². The minimum atomic E-state index is -0.354. The highest BCUT2D eigenvalue weighted by atomic mass is 32.1. The van der Waals surface area contributed by atoms with E-state index in [0.29, 0.717) is 0 Å². The van der Waals surface area contributed by atoms with E-state index >= 15 is 0 Å². The topological polar surface area (TPSA) is 72.0 Å². The number of hydrogen-bond acceptors (Lipinski definition) is 5. The molecule has 0 aliphatic heterocycles. The standard InChI is InChI=1S/C8H11N3O2S/c1-5(2)7(12)3-9-8(13)6-4-14-11-10-6/h4-5H,3H2,1-2H3,(H,9,13). The fraction of sp³-hybridized carbons (Fsp3) is 0.500. The van der Waals surface area contributed by atoms with Crippen molar-refractivity contribution in [3.8, 4) is 0 Å². The molecule has 0 fully saturated rings. The normalized spacial score (nSPS) is 10.2. The summed E-state index contributed by atoms with van der Waals surface area (Å²) in [5, 5.41) is 7.60. The molecule has 0 atom stereocenters. The van der Waals surface area contributed by atoms with E-state index in [-0.39, 0.29) is 29.8 Å². The Kier molecular flexibility index (Phi) is 3.70. The summed E-state index contributed by atoms with van der Waals surface area (Å²) in [6.45, 7) is 3.63. The van der Waals surface area contributed by atoms with E-state index in [0.717, 1.165) is 11.5 Å². The maximum atomic E-state index is 11.3. The molecule has 0 aliphatic carbocycles. The van der Waals surface area contributed by atoms with E-state index in [1.54, 1.807) is 13.8 Å². The van der Waals surface area contributed by atoms with Gasteiger partial charge in [0, 0.05) is 11.3 Å². The molecular formula is C8H11N3O2S. The van der Waals surface area contributed by atoms with Crippen molar-refractivity contribution in [3.05, 3.63) is 11.1 Å². The predicted molar refractivity (Wildman–Crippen MR) is 52.1 cm³/mol. The van der Waals surface area contributed by atoms with Gasteiger partial charge in [-0.05, 0) is 11.5 Å². The molecule has 6 heteroatoms. The molecule has 0 unspecified atom stereocenters. The monoisotopic (exact) mass is 213 g/mol. The average Bonchev–Trinajstić information content (AvgIpc) is 2.66. The van der Waals surface area contributed by atoms with Gasteiger partial charge in [-0.3, -0.25) is 9.59 Å². The third-order valence-electron chi connectivity index (χ3n) is 1.66. The van der Waals surface area contributed by atoms with E-state index < -0.39 is 0 Å². The van der Waals surface area contributed by atoms with Crippen LogP contribution < -0.4 is 5.32 Å². The van der Waals surface area contributed by atoms with E-state index in [1.165, 1.54) is 5.38 Å². The Morgan fingerprint density at radius 3 is 2.79 bits per heavy atom. The number of ketones is 1. The minimum absolute atomic E-state index is 0.00142. The zero-order chi connectivity index (χ0) is 10.6. The summed E-state index contributed by atoms with van der Waals surface area (Å²) in [4.78, 5) is 22.4. The summed E-state index contributed by atoms with van der Waals surface area (Å²) < 4.78 is 3.55. The summed E-state index contributed by atoms with van der Waals surface area (Å²) in [6.07, 6.45) is 0. The van der Waals surface area contributed by atoms with Crippen LogP contribution in [0.25, 0.3) is 0 Å². The third-order valence-corrected chi connectivity index (χ3v) is 2.16. The lowest BCUT2D eigenvalue weighted by molar-refractivity contribution is -0.120. The number of rotatable bonds is 4. The smallest absolute Gasteiger partial charge is 0.273 e. The number of hydrogen-bond donors (Lipinski definition) is 1. The number of nitrogens with zero attached hydrogens (tertiary/aromatic N) is 2. The average molecular weight is 213 g/mol. The van der Waals surface area contributed by atoms with Gasteiger partial charge < -0.3 is 5.32 Å². The Balaban J connectivity index is 2.40. The molecule has 1 amide bonds. The Morgan fingerprint density at radius 1 is 1.57 bits per heavy atom. The molecule has 1 heterocycles. The van der Waals surface area contributed by atoms with Crippen LogP contribution in [0.1, 0.15) is 24.3 Å². The first-order valence-corrected chi connectivity index (χ1v) is 5.03. The molecule has 1 aromatic heterocycles. The van der Waals surface area contributed by atoms with Crippen LogP contribution in [0.15, 0.2) is 5.38 Å². The van der Waals surface area contributed by atoms with E-state index in [2.05, 4.69) is 14.9 Å². The molecule has 14 heavy (non-hydrogen) atoms. The molecule has 0 bridgehead atoms. The molecule has 5 nitrogen and oxygen atoms in total. The van der Waals surface area contributed by atoms with Crippen molar-refractivity contribution < 1.29 is 9.59 Å². The van der Waals surface area contributed by atoms with Crippen LogP contribution in [-0.4, -0.2) is 27.8 Å². The first-order chi connectivity index (χ1) is 6.61. The van der Waals surface area contributed by atoms with Gasteiger partial charge >= 0.3 is 0 Å². The van der Waals surface area contributed by atoms with E-state index in [1.807, 2.05) is 0 Å². The number of nitrogens with one attached hydrogen (secondary N) is 1. The second-order valence-electron chi connectivity index (χ2n) is 3.09. The fourth-order valence-corrected chi connectivity index (χ4v) is 1.16. The third kappa shape index (κ3) is 2.88. The minimum Gasteiger partial charge on any atom is -0.344 e. The lowest BCUT2D eigenvalue weighted by Crippen LogP contribution is -2.31. The first kappa shape index (κ1) is 10.8. The van der Waals surface area contributed by atoms with E-state index in [4.69, 9.17) is 0 Å².